The summed E-state index contributed by atoms with van der Waals surface area (Å²) in [6.45, 7) is 10.2. The molecular formula is C22H38O2. The third kappa shape index (κ3) is 8.84. The first-order valence-corrected chi connectivity index (χ1v) is 9.87. The maximum Gasteiger partial charge on any atom is 0.0779 e. The molecule has 4 atom stereocenters. The lowest BCUT2D eigenvalue weighted by Gasteiger charge is -2.24. The SMILES string of the molecule is CCCCC(C)COCC(O)CC(CC(C)CC)c1ccccc1. The first-order valence-electron chi connectivity index (χ1n) is 9.87. The zero-order valence-corrected chi connectivity index (χ0v) is 16.2. The molecule has 2 nitrogen and oxygen atoms in total. The average Bonchev–Trinajstić information content (AvgIpc) is 2.60. The van der Waals surface area contributed by atoms with Gasteiger partial charge in [0.15, 0.2) is 0 Å². The van der Waals surface area contributed by atoms with Crippen molar-refractivity contribution < 1.29 is 9.84 Å². The van der Waals surface area contributed by atoms with Crippen LogP contribution >= 0.6 is 0 Å². The van der Waals surface area contributed by atoms with E-state index in [4.69, 9.17) is 4.74 Å². The lowest BCUT2D eigenvalue weighted by molar-refractivity contribution is 0.0145. The third-order valence-electron chi connectivity index (χ3n) is 4.97. The molecule has 1 rings (SSSR count). The first kappa shape index (κ1) is 21.2. The van der Waals surface area contributed by atoms with Crippen LogP contribution in [0.1, 0.15) is 77.7 Å². The van der Waals surface area contributed by atoms with Gasteiger partial charge in [0.1, 0.15) is 0 Å². The Morgan fingerprint density at radius 3 is 2.29 bits per heavy atom. The van der Waals surface area contributed by atoms with Crippen LogP contribution < -0.4 is 0 Å². The Balaban J connectivity index is 2.44. The smallest absolute Gasteiger partial charge is 0.0779 e. The molecule has 24 heavy (non-hydrogen) atoms. The maximum atomic E-state index is 10.4. The Bertz CT molecular complexity index is 404. The van der Waals surface area contributed by atoms with Crippen molar-refractivity contribution in [3.8, 4) is 0 Å². The minimum absolute atomic E-state index is 0.377. The zero-order chi connectivity index (χ0) is 17.8. The molecule has 1 N–H and O–H groups in total. The average molecular weight is 335 g/mol. The van der Waals surface area contributed by atoms with Crippen LogP contribution in [0.2, 0.25) is 0 Å². The summed E-state index contributed by atoms with van der Waals surface area (Å²) in [5.41, 5.74) is 1.34. The minimum Gasteiger partial charge on any atom is -0.391 e. The Kier molecular flexibility index (Phi) is 11.0. The molecule has 4 unspecified atom stereocenters. The van der Waals surface area contributed by atoms with Gasteiger partial charge in [-0.25, -0.2) is 0 Å². The predicted molar refractivity (Wildman–Crippen MR) is 103 cm³/mol. The number of aliphatic hydroxyl groups excluding tert-OH is 1. The van der Waals surface area contributed by atoms with Crippen molar-refractivity contribution in [3.05, 3.63) is 35.9 Å². The summed E-state index contributed by atoms with van der Waals surface area (Å²) in [4.78, 5) is 0. The van der Waals surface area contributed by atoms with Crippen LogP contribution in [0.5, 0.6) is 0 Å². The monoisotopic (exact) mass is 334 g/mol. The van der Waals surface area contributed by atoms with Crippen LogP contribution in [0.3, 0.4) is 0 Å². The quantitative estimate of drug-likeness (QED) is 0.494. The number of benzene rings is 1. The topological polar surface area (TPSA) is 29.5 Å². The number of aliphatic hydroxyl groups is 1. The highest BCUT2D eigenvalue weighted by Gasteiger charge is 2.19. The van der Waals surface area contributed by atoms with Crippen LogP contribution in [0.4, 0.5) is 0 Å². The second kappa shape index (κ2) is 12.5. The first-order chi connectivity index (χ1) is 11.6. The van der Waals surface area contributed by atoms with Gasteiger partial charge in [-0.1, -0.05) is 77.3 Å². The van der Waals surface area contributed by atoms with E-state index < -0.39 is 0 Å². The van der Waals surface area contributed by atoms with E-state index in [9.17, 15) is 5.11 Å². The Morgan fingerprint density at radius 2 is 1.67 bits per heavy atom. The molecule has 0 aliphatic rings. The van der Waals surface area contributed by atoms with Crippen molar-refractivity contribution in [2.75, 3.05) is 13.2 Å². The molecule has 0 fully saturated rings. The van der Waals surface area contributed by atoms with Crippen molar-refractivity contribution in [1.82, 2.24) is 0 Å². The second-order valence-electron chi connectivity index (χ2n) is 7.53. The van der Waals surface area contributed by atoms with E-state index in [1.54, 1.807) is 0 Å². The number of hydrogen-bond acceptors (Lipinski definition) is 2. The van der Waals surface area contributed by atoms with E-state index in [0.717, 1.165) is 19.4 Å². The van der Waals surface area contributed by atoms with E-state index in [-0.39, 0.29) is 6.10 Å². The van der Waals surface area contributed by atoms with Gasteiger partial charge in [0.25, 0.3) is 0 Å². The molecule has 0 saturated carbocycles. The minimum atomic E-state index is -0.377. The van der Waals surface area contributed by atoms with E-state index in [2.05, 4.69) is 58.0 Å². The van der Waals surface area contributed by atoms with E-state index in [1.165, 1.54) is 31.2 Å². The van der Waals surface area contributed by atoms with E-state index in [0.29, 0.717) is 24.4 Å². The molecule has 0 bridgehead atoms. The van der Waals surface area contributed by atoms with Crippen LogP contribution in [0.15, 0.2) is 30.3 Å². The van der Waals surface area contributed by atoms with Gasteiger partial charge in [0.2, 0.25) is 0 Å². The number of rotatable bonds is 13. The molecule has 0 spiro atoms. The summed E-state index contributed by atoms with van der Waals surface area (Å²) in [6, 6.07) is 10.6. The van der Waals surface area contributed by atoms with Crippen molar-refractivity contribution in [1.29, 1.82) is 0 Å². The summed E-state index contributed by atoms with van der Waals surface area (Å²) < 4.78 is 5.77. The van der Waals surface area contributed by atoms with Gasteiger partial charge in [0, 0.05) is 6.61 Å². The van der Waals surface area contributed by atoms with Crippen LogP contribution in [0, 0.1) is 11.8 Å². The van der Waals surface area contributed by atoms with Gasteiger partial charge < -0.3 is 9.84 Å². The molecule has 1 aromatic rings. The summed E-state index contributed by atoms with van der Waals surface area (Å²) in [5, 5.41) is 10.4. The summed E-state index contributed by atoms with van der Waals surface area (Å²) in [7, 11) is 0. The molecule has 2 heteroatoms. The lowest BCUT2D eigenvalue weighted by Crippen LogP contribution is -2.21. The van der Waals surface area contributed by atoms with Crippen molar-refractivity contribution in [2.24, 2.45) is 11.8 Å². The molecule has 0 aromatic heterocycles. The number of unbranched alkanes of at least 4 members (excludes halogenated alkanes) is 1. The van der Waals surface area contributed by atoms with Gasteiger partial charge in [-0.05, 0) is 42.6 Å². The fraction of sp³-hybridized carbons (Fsp3) is 0.727. The molecule has 0 radical (unpaired) electrons. The fourth-order valence-electron chi connectivity index (χ4n) is 3.18. The highest BCUT2D eigenvalue weighted by Crippen LogP contribution is 2.29. The fourth-order valence-corrected chi connectivity index (χ4v) is 3.18. The molecule has 0 amide bonds. The highest BCUT2D eigenvalue weighted by molar-refractivity contribution is 5.19. The summed E-state index contributed by atoms with van der Waals surface area (Å²) in [5.74, 6) is 1.68. The lowest BCUT2D eigenvalue weighted by atomic mass is 9.85. The van der Waals surface area contributed by atoms with E-state index in [1.807, 2.05) is 0 Å². The second-order valence-corrected chi connectivity index (χ2v) is 7.53. The van der Waals surface area contributed by atoms with Gasteiger partial charge >= 0.3 is 0 Å². The molecule has 0 aliphatic carbocycles. The normalized spacial score (nSPS) is 16.5. The largest absolute Gasteiger partial charge is 0.391 e. The molecule has 0 aliphatic heterocycles. The molecule has 0 saturated heterocycles. The van der Waals surface area contributed by atoms with Gasteiger partial charge in [-0.3, -0.25) is 0 Å². The highest BCUT2D eigenvalue weighted by atomic mass is 16.5. The number of ether oxygens (including phenoxy) is 1. The Labute approximate surface area is 149 Å². The van der Waals surface area contributed by atoms with Gasteiger partial charge in [0.05, 0.1) is 12.7 Å². The van der Waals surface area contributed by atoms with Crippen LogP contribution in [0.25, 0.3) is 0 Å². The Hall–Kier alpha value is -0.860. The van der Waals surface area contributed by atoms with Crippen LogP contribution in [-0.2, 0) is 4.74 Å². The standard InChI is InChI=1S/C22H38O2/c1-5-7-11-19(4)16-24-17-22(23)15-21(14-18(3)6-2)20-12-9-8-10-13-20/h8-10,12-13,18-19,21-23H,5-7,11,14-17H2,1-4H3. The summed E-state index contributed by atoms with van der Waals surface area (Å²) in [6.07, 6.45) is 6.44. The van der Waals surface area contributed by atoms with Crippen LogP contribution in [-0.4, -0.2) is 24.4 Å². The molecular weight excluding hydrogens is 296 g/mol. The molecule has 0 heterocycles. The van der Waals surface area contributed by atoms with Crippen molar-refractivity contribution >= 4 is 0 Å². The molecule has 138 valence electrons. The van der Waals surface area contributed by atoms with Gasteiger partial charge in [-0.2, -0.15) is 0 Å². The van der Waals surface area contributed by atoms with E-state index >= 15 is 0 Å². The summed E-state index contributed by atoms with van der Waals surface area (Å²) >= 11 is 0. The van der Waals surface area contributed by atoms with Crippen molar-refractivity contribution in [2.45, 2.75) is 78.2 Å². The Morgan fingerprint density at radius 1 is 0.958 bits per heavy atom. The predicted octanol–water partition coefficient (Wildman–Crippen LogP) is 5.80. The molecule has 1 aromatic carbocycles. The van der Waals surface area contributed by atoms with Crippen molar-refractivity contribution in [3.63, 3.8) is 0 Å². The number of hydrogen-bond donors (Lipinski definition) is 1. The third-order valence-corrected chi connectivity index (χ3v) is 4.97. The maximum absolute atomic E-state index is 10.4. The van der Waals surface area contributed by atoms with Gasteiger partial charge in [-0.15, -0.1) is 0 Å². The zero-order valence-electron chi connectivity index (χ0n) is 16.2.